The minimum absolute atomic E-state index is 0.0848. The van der Waals surface area contributed by atoms with E-state index in [4.69, 9.17) is 4.52 Å². The number of aliphatic hydroxyl groups excluding tert-OH is 1. The van der Waals surface area contributed by atoms with E-state index in [1.165, 1.54) is 0 Å². The number of hydrogen-bond donors (Lipinski definition) is 1. The Morgan fingerprint density at radius 1 is 1.48 bits per heavy atom. The summed E-state index contributed by atoms with van der Waals surface area (Å²) < 4.78 is 5.27. The summed E-state index contributed by atoms with van der Waals surface area (Å²) in [5.41, 5.74) is 1.35. The first-order chi connectivity index (χ1) is 11.0. The molecule has 1 aromatic heterocycles. The number of nitrogens with zero attached hydrogens (tertiary/aromatic N) is 3. The van der Waals surface area contributed by atoms with E-state index in [1.54, 1.807) is 31.0 Å². The van der Waals surface area contributed by atoms with Crippen molar-refractivity contribution in [1.29, 1.82) is 0 Å². The summed E-state index contributed by atoms with van der Waals surface area (Å²) in [6.45, 7) is 2.22. The highest BCUT2D eigenvalue weighted by Crippen LogP contribution is 2.39. The SMILES string of the molecule is CC(O)CCN(C)C(=O)c1cccc(-c2noc(C3CC3)n2)c1. The largest absolute Gasteiger partial charge is 0.393 e. The third kappa shape index (κ3) is 3.76. The zero-order valence-corrected chi connectivity index (χ0v) is 13.4. The van der Waals surface area contributed by atoms with E-state index in [0.717, 1.165) is 18.4 Å². The van der Waals surface area contributed by atoms with Crippen LogP contribution in [0.4, 0.5) is 0 Å². The van der Waals surface area contributed by atoms with Crippen LogP contribution >= 0.6 is 0 Å². The second-order valence-corrected chi connectivity index (χ2v) is 6.18. The quantitative estimate of drug-likeness (QED) is 0.885. The molecule has 2 aromatic rings. The van der Waals surface area contributed by atoms with Gasteiger partial charge in [0, 0.05) is 30.6 Å². The van der Waals surface area contributed by atoms with E-state index < -0.39 is 6.10 Å². The van der Waals surface area contributed by atoms with Gasteiger partial charge in [0.05, 0.1) is 6.10 Å². The molecule has 3 rings (SSSR count). The third-order valence-corrected chi connectivity index (χ3v) is 3.97. The van der Waals surface area contributed by atoms with E-state index >= 15 is 0 Å². The number of carbonyl (C=O) groups excluding carboxylic acids is 1. The smallest absolute Gasteiger partial charge is 0.253 e. The van der Waals surface area contributed by atoms with Gasteiger partial charge in [0.25, 0.3) is 5.91 Å². The molecule has 0 aliphatic heterocycles. The first kappa shape index (κ1) is 15.7. The van der Waals surface area contributed by atoms with Crippen LogP contribution in [0.5, 0.6) is 0 Å². The van der Waals surface area contributed by atoms with Crippen molar-refractivity contribution in [3.63, 3.8) is 0 Å². The molecular formula is C17H21N3O3. The Morgan fingerprint density at radius 2 is 2.26 bits per heavy atom. The standard InChI is InChI=1S/C17H21N3O3/c1-11(21)8-9-20(2)17(22)14-5-3-4-13(10-14)15-18-16(23-19-15)12-6-7-12/h3-5,10-12,21H,6-9H2,1-2H3. The fourth-order valence-electron chi connectivity index (χ4n) is 2.34. The zero-order chi connectivity index (χ0) is 16.4. The number of aromatic nitrogens is 2. The molecule has 1 N–H and O–H groups in total. The van der Waals surface area contributed by atoms with Gasteiger partial charge in [-0.2, -0.15) is 4.98 Å². The Balaban J connectivity index is 1.74. The lowest BCUT2D eigenvalue weighted by Crippen LogP contribution is -2.29. The molecule has 1 unspecified atom stereocenters. The van der Waals surface area contributed by atoms with Crippen LogP contribution in [0.1, 0.15) is 48.4 Å². The predicted octanol–water partition coefficient (Wildman–Crippen LogP) is 2.46. The molecule has 0 radical (unpaired) electrons. The molecule has 1 atom stereocenters. The van der Waals surface area contributed by atoms with Gasteiger partial charge in [-0.1, -0.05) is 17.3 Å². The number of carbonyl (C=O) groups is 1. The fourth-order valence-corrected chi connectivity index (χ4v) is 2.34. The van der Waals surface area contributed by atoms with Crippen molar-refractivity contribution in [3.8, 4) is 11.4 Å². The van der Waals surface area contributed by atoms with Gasteiger partial charge in [-0.25, -0.2) is 0 Å². The van der Waals surface area contributed by atoms with Crippen molar-refractivity contribution in [2.75, 3.05) is 13.6 Å². The maximum Gasteiger partial charge on any atom is 0.253 e. The van der Waals surface area contributed by atoms with Crippen molar-refractivity contribution < 1.29 is 14.4 Å². The number of benzene rings is 1. The molecule has 1 saturated carbocycles. The summed E-state index contributed by atoms with van der Waals surface area (Å²) >= 11 is 0. The highest BCUT2D eigenvalue weighted by atomic mass is 16.5. The summed E-state index contributed by atoms with van der Waals surface area (Å²) in [6, 6.07) is 7.24. The van der Waals surface area contributed by atoms with E-state index in [-0.39, 0.29) is 5.91 Å². The number of aliphatic hydroxyl groups is 1. The Hall–Kier alpha value is -2.21. The highest BCUT2D eigenvalue weighted by Gasteiger charge is 2.29. The van der Waals surface area contributed by atoms with E-state index in [1.807, 2.05) is 12.1 Å². The zero-order valence-electron chi connectivity index (χ0n) is 13.4. The second kappa shape index (κ2) is 6.50. The monoisotopic (exact) mass is 315 g/mol. The van der Waals surface area contributed by atoms with E-state index in [9.17, 15) is 9.90 Å². The van der Waals surface area contributed by atoms with Crippen LogP contribution in [-0.4, -0.2) is 45.8 Å². The molecular weight excluding hydrogens is 294 g/mol. The van der Waals surface area contributed by atoms with Crippen LogP contribution in [0, 0.1) is 0 Å². The lowest BCUT2D eigenvalue weighted by Gasteiger charge is -2.18. The van der Waals surface area contributed by atoms with Crippen molar-refractivity contribution in [1.82, 2.24) is 15.0 Å². The highest BCUT2D eigenvalue weighted by molar-refractivity contribution is 5.95. The van der Waals surface area contributed by atoms with Gasteiger partial charge in [0.2, 0.25) is 11.7 Å². The molecule has 6 heteroatoms. The first-order valence-electron chi connectivity index (χ1n) is 7.92. The maximum absolute atomic E-state index is 12.4. The number of amides is 1. The third-order valence-electron chi connectivity index (χ3n) is 3.97. The summed E-state index contributed by atoms with van der Waals surface area (Å²) in [4.78, 5) is 18.5. The van der Waals surface area contributed by atoms with Crippen LogP contribution in [0.2, 0.25) is 0 Å². The molecule has 1 amide bonds. The first-order valence-corrected chi connectivity index (χ1v) is 7.92. The van der Waals surface area contributed by atoms with Crippen molar-refractivity contribution in [3.05, 3.63) is 35.7 Å². The normalized spacial score (nSPS) is 15.4. The van der Waals surface area contributed by atoms with Crippen LogP contribution in [-0.2, 0) is 0 Å². The molecule has 1 aliphatic carbocycles. The average Bonchev–Trinajstić information content (AvgIpc) is 3.29. The lowest BCUT2D eigenvalue weighted by atomic mass is 10.1. The van der Waals surface area contributed by atoms with Crippen molar-refractivity contribution >= 4 is 5.91 Å². The molecule has 122 valence electrons. The van der Waals surface area contributed by atoms with Gasteiger partial charge in [-0.05, 0) is 38.3 Å². The number of hydrogen-bond acceptors (Lipinski definition) is 5. The molecule has 23 heavy (non-hydrogen) atoms. The van der Waals surface area contributed by atoms with Crippen molar-refractivity contribution in [2.45, 2.75) is 38.2 Å². The maximum atomic E-state index is 12.4. The van der Waals surface area contributed by atoms with Gasteiger partial charge >= 0.3 is 0 Å². The van der Waals surface area contributed by atoms with Crippen LogP contribution < -0.4 is 0 Å². The molecule has 6 nitrogen and oxygen atoms in total. The molecule has 0 saturated heterocycles. The van der Waals surface area contributed by atoms with Gasteiger partial charge in [-0.3, -0.25) is 4.79 Å². The Morgan fingerprint density at radius 3 is 2.96 bits per heavy atom. The summed E-state index contributed by atoms with van der Waals surface area (Å²) in [5.74, 6) is 1.53. The molecule has 1 fully saturated rings. The van der Waals surface area contributed by atoms with Crippen LogP contribution in [0.15, 0.2) is 28.8 Å². The number of rotatable bonds is 6. The van der Waals surface area contributed by atoms with Crippen LogP contribution in [0.3, 0.4) is 0 Å². The molecule has 1 aromatic carbocycles. The topological polar surface area (TPSA) is 79.5 Å². The molecule has 0 bridgehead atoms. The Labute approximate surface area is 135 Å². The average molecular weight is 315 g/mol. The fraction of sp³-hybridized carbons (Fsp3) is 0.471. The Bertz CT molecular complexity index is 692. The molecule has 0 spiro atoms. The van der Waals surface area contributed by atoms with Crippen LogP contribution in [0.25, 0.3) is 11.4 Å². The van der Waals surface area contributed by atoms with Gasteiger partial charge in [0.15, 0.2) is 0 Å². The predicted molar refractivity (Wildman–Crippen MR) is 85.0 cm³/mol. The van der Waals surface area contributed by atoms with Gasteiger partial charge in [-0.15, -0.1) is 0 Å². The molecule has 1 heterocycles. The summed E-state index contributed by atoms with van der Waals surface area (Å²) in [6.07, 6.45) is 2.34. The van der Waals surface area contributed by atoms with Gasteiger partial charge in [0.1, 0.15) is 0 Å². The second-order valence-electron chi connectivity index (χ2n) is 6.18. The minimum Gasteiger partial charge on any atom is -0.393 e. The summed E-state index contributed by atoms with van der Waals surface area (Å²) in [5, 5.41) is 13.3. The van der Waals surface area contributed by atoms with E-state index in [0.29, 0.717) is 36.2 Å². The Kier molecular flexibility index (Phi) is 4.43. The lowest BCUT2D eigenvalue weighted by molar-refractivity contribution is 0.0769. The van der Waals surface area contributed by atoms with E-state index in [2.05, 4.69) is 10.1 Å². The summed E-state index contributed by atoms with van der Waals surface area (Å²) in [7, 11) is 1.73. The molecule has 1 aliphatic rings. The van der Waals surface area contributed by atoms with Gasteiger partial charge < -0.3 is 14.5 Å². The van der Waals surface area contributed by atoms with Crippen molar-refractivity contribution in [2.24, 2.45) is 0 Å². The minimum atomic E-state index is -0.420.